The molecule has 0 saturated carbocycles. The largest absolute Gasteiger partial charge is 0.357 e. The normalized spacial score (nSPS) is 23.2. The molecular formula is C12H26IN3O2S2. The number of halogens is 1. The molecule has 0 bridgehead atoms. The number of hydrogen-bond acceptors (Lipinski definition) is 4. The molecule has 1 aliphatic rings. The van der Waals surface area contributed by atoms with Crippen LogP contribution >= 0.6 is 35.7 Å². The summed E-state index contributed by atoms with van der Waals surface area (Å²) in [6.07, 6.45) is 3.70. The van der Waals surface area contributed by atoms with Gasteiger partial charge in [0.15, 0.2) is 5.96 Å². The standard InChI is InChI=1S/C12H25N3O2S2.HI/c1-4-13-11(14-7-9-19(3,16)17)15-10-12(2)6-5-8-18-12;/h4-10H2,1-3H3,(H2,13,14,15);1H. The topological polar surface area (TPSA) is 70.6 Å². The first-order valence-electron chi connectivity index (χ1n) is 6.68. The van der Waals surface area contributed by atoms with Crippen molar-refractivity contribution >= 4 is 51.5 Å². The molecular weight excluding hydrogens is 409 g/mol. The molecule has 0 amide bonds. The Morgan fingerprint density at radius 2 is 2.10 bits per heavy atom. The van der Waals surface area contributed by atoms with Gasteiger partial charge in [0.1, 0.15) is 9.84 Å². The highest BCUT2D eigenvalue weighted by Gasteiger charge is 2.29. The fourth-order valence-corrected chi connectivity index (χ4v) is 3.60. The number of nitrogens with zero attached hydrogens (tertiary/aromatic N) is 1. The summed E-state index contributed by atoms with van der Waals surface area (Å²) in [7, 11) is -2.93. The van der Waals surface area contributed by atoms with Crippen molar-refractivity contribution in [3.05, 3.63) is 0 Å². The molecule has 0 aromatic heterocycles. The van der Waals surface area contributed by atoms with E-state index in [1.807, 2.05) is 18.7 Å². The van der Waals surface area contributed by atoms with Crippen LogP contribution in [0.1, 0.15) is 26.7 Å². The molecule has 1 saturated heterocycles. The number of guanidine groups is 1. The van der Waals surface area contributed by atoms with Gasteiger partial charge in [0, 0.05) is 24.1 Å². The molecule has 1 aliphatic heterocycles. The van der Waals surface area contributed by atoms with Gasteiger partial charge in [-0.2, -0.15) is 11.8 Å². The first-order valence-corrected chi connectivity index (χ1v) is 9.73. The van der Waals surface area contributed by atoms with Gasteiger partial charge < -0.3 is 10.6 Å². The van der Waals surface area contributed by atoms with Gasteiger partial charge in [-0.1, -0.05) is 0 Å². The van der Waals surface area contributed by atoms with Crippen molar-refractivity contribution in [2.45, 2.75) is 31.4 Å². The fraction of sp³-hybridized carbons (Fsp3) is 0.917. The molecule has 1 unspecified atom stereocenters. The summed E-state index contributed by atoms with van der Waals surface area (Å²) in [4.78, 5) is 4.57. The van der Waals surface area contributed by atoms with Crippen molar-refractivity contribution in [1.29, 1.82) is 0 Å². The van der Waals surface area contributed by atoms with E-state index in [1.165, 1.54) is 24.9 Å². The Morgan fingerprint density at radius 1 is 1.40 bits per heavy atom. The summed E-state index contributed by atoms with van der Waals surface area (Å²) in [6.45, 7) is 6.18. The Kier molecular flexibility index (Phi) is 9.48. The zero-order valence-electron chi connectivity index (χ0n) is 12.4. The molecule has 0 aromatic carbocycles. The first-order chi connectivity index (χ1) is 8.85. The van der Waals surface area contributed by atoms with Gasteiger partial charge in [-0.15, -0.1) is 24.0 Å². The van der Waals surface area contributed by atoms with Crippen LogP contribution in [0.3, 0.4) is 0 Å². The van der Waals surface area contributed by atoms with Crippen LogP contribution in [0.5, 0.6) is 0 Å². The van der Waals surface area contributed by atoms with Crippen LogP contribution in [0, 0.1) is 0 Å². The predicted molar refractivity (Wildman–Crippen MR) is 99.2 cm³/mol. The Bertz CT molecular complexity index is 407. The minimum absolute atomic E-state index is 0. The molecule has 0 aromatic rings. The maximum absolute atomic E-state index is 11.1. The van der Waals surface area contributed by atoms with Crippen LogP contribution in [0.4, 0.5) is 0 Å². The van der Waals surface area contributed by atoms with E-state index in [-0.39, 0.29) is 34.5 Å². The van der Waals surface area contributed by atoms with Crippen LogP contribution in [0.2, 0.25) is 0 Å². The van der Waals surface area contributed by atoms with Crippen molar-refractivity contribution in [2.75, 3.05) is 37.4 Å². The number of rotatable bonds is 6. The van der Waals surface area contributed by atoms with Gasteiger partial charge >= 0.3 is 0 Å². The molecule has 1 heterocycles. The van der Waals surface area contributed by atoms with Gasteiger partial charge in [0.05, 0.1) is 12.3 Å². The zero-order chi connectivity index (χ0) is 14.4. The van der Waals surface area contributed by atoms with Crippen LogP contribution in [0.15, 0.2) is 4.99 Å². The van der Waals surface area contributed by atoms with Crippen molar-refractivity contribution in [3.63, 3.8) is 0 Å². The Hall–Kier alpha value is 0.300. The lowest BCUT2D eigenvalue weighted by molar-refractivity contribution is 0.599. The predicted octanol–water partition coefficient (Wildman–Crippen LogP) is 1.49. The van der Waals surface area contributed by atoms with Gasteiger partial charge in [-0.25, -0.2) is 8.42 Å². The summed E-state index contributed by atoms with van der Waals surface area (Å²) in [5, 5.41) is 6.21. The van der Waals surface area contributed by atoms with Crippen LogP contribution < -0.4 is 10.6 Å². The molecule has 120 valence electrons. The fourth-order valence-electron chi connectivity index (χ4n) is 1.90. The second-order valence-corrected chi connectivity index (χ2v) is 9.10. The third-order valence-electron chi connectivity index (χ3n) is 2.98. The molecule has 1 fully saturated rings. The molecule has 1 rings (SSSR count). The molecule has 20 heavy (non-hydrogen) atoms. The summed E-state index contributed by atoms with van der Waals surface area (Å²) >= 11 is 1.97. The summed E-state index contributed by atoms with van der Waals surface area (Å²) in [5.41, 5.74) is 0. The lowest BCUT2D eigenvalue weighted by Gasteiger charge is -2.21. The minimum Gasteiger partial charge on any atom is -0.357 e. The lowest BCUT2D eigenvalue weighted by atomic mass is 10.1. The molecule has 5 nitrogen and oxygen atoms in total. The molecule has 0 aliphatic carbocycles. The zero-order valence-corrected chi connectivity index (χ0v) is 16.4. The van der Waals surface area contributed by atoms with E-state index in [0.29, 0.717) is 12.5 Å². The van der Waals surface area contributed by atoms with Crippen LogP contribution in [-0.4, -0.2) is 56.5 Å². The Balaban J connectivity index is 0.00000361. The monoisotopic (exact) mass is 435 g/mol. The first kappa shape index (κ1) is 20.3. The van der Waals surface area contributed by atoms with E-state index >= 15 is 0 Å². The second kappa shape index (κ2) is 9.34. The average molecular weight is 435 g/mol. The van der Waals surface area contributed by atoms with Crippen molar-refractivity contribution in [1.82, 2.24) is 10.6 Å². The number of nitrogens with one attached hydrogen (secondary N) is 2. The second-order valence-electron chi connectivity index (χ2n) is 5.15. The van der Waals surface area contributed by atoms with Gasteiger partial charge in [0.2, 0.25) is 0 Å². The molecule has 0 spiro atoms. The van der Waals surface area contributed by atoms with Gasteiger partial charge in [0.25, 0.3) is 0 Å². The van der Waals surface area contributed by atoms with Crippen molar-refractivity contribution < 1.29 is 8.42 Å². The smallest absolute Gasteiger partial charge is 0.191 e. The van der Waals surface area contributed by atoms with E-state index in [0.717, 1.165) is 13.1 Å². The quantitative estimate of drug-likeness (QED) is 0.376. The van der Waals surface area contributed by atoms with Crippen LogP contribution in [0.25, 0.3) is 0 Å². The van der Waals surface area contributed by atoms with E-state index in [4.69, 9.17) is 0 Å². The number of sulfone groups is 1. The molecule has 8 heteroatoms. The van der Waals surface area contributed by atoms with Gasteiger partial charge in [-0.3, -0.25) is 4.99 Å². The molecule has 0 radical (unpaired) electrons. The number of aliphatic imine (C=N–C) groups is 1. The highest BCUT2D eigenvalue weighted by molar-refractivity contribution is 14.0. The van der Waals surface area contributed by atoms with E-state index < -0.39 is 9.84 Å². The van der Waals surface area contributed by atoms with Crippen LogP contribution in [-0.2, 0) is 9.84 Å². The van der Waals surface area contributed by atoms with E-state index in [2.05, 4.69) is 22.5 Å². The Morgan fingerprint density at radius 3 is 2.60 bits per heavy atom. The summed E-state index contributed by atoms with van der Waals surface area (Å²) in [6, 6.07) is 0. The lowest BCUT2D eigenvalue weighted by Crippen LogP contribution is -2.40. The third-order valence-corrected chi connectivity index (χ3v) is 5.45. The third kappa shape index (κ3) is 8.56. The van der Waals surface area contributed by atoms with Crippen molar-refractivity contribution in [2.24, 2.45) is 4.99 Å². The van der Waals surface area contributed by atoms with Crippen molar-refractivity contribution in [3.8, 4) is 0 Å². The highest BCUT2D eigenvalue weighted by Crippen LogP contribution is 2.37. The van der Waals surface area contributed by atoms with Gasteiger partial charge in [-0.05, 0) is 32.4 Å². The minimum atomic E-state index is -2.93. The van der Waals surface area contributed by atoms with E-state index in [9.17, 15) is 8.42 Å². The summed E-state index contributed by atoms with van der Waals surface area (Å²) in [5.74, 6) is 2.05. The molecule has 2 N–H and O–H groups in total. The maximum atomic E-state index is 11.1. The number of hydrogen-bond donors (Lipinski definition) is 2. The Labute approximate surface area is 144 Å². The molecule has 1 atom stereocenters. The number of thioether (sulfide) groups is 1. The SMILES string of the molecule is CCNC(=NCC1(C)CCCS1)NCCS(C)(=O)=O.I. The average Bonchev–Trinajstić information content (AvgIpc) is 2.72. The maximum Gasteiger partial charge on any atom is 0.191 e. The highest BCUT2D eigenvalue weighted by atomic mass is 127. The van der Waals surface area contributed by atoms with E-state index in [1.54, 1.807) is 0 Å². The summed E-state index contributed by atoms with van der Waals surface area (Å²) < 4.78 is 22.4.